The first-order chi connectivity index (χ1) is 7.01. The molecule has 0 saturated heterocycles. The van der Waals surface area contributed by atoms with Gasteiger partial charge >= 0.3 is 0 Å². The summed E-state index contributed by atoms with van der Waals surface area (Å²) in [5, 5.41) is 11.2. The van der Waals surface area contributed by atoms with Crippen LogP contribution in [0.1, 0.15) is 45.5 Å². The summed E-state index contributed by atoms with van der Waals surface area (Å²) in [4.78, 5) is 0. The smallest absolute Gasteiger partial charge is 0.247 e. The summed E-state index contributed by atoms with van der Waals surface area (Å²) in [5.41, 5.74) is -0.531. The van der Waals surface area contributed by atoms with E-state index in [4.69, 9.17) is 9.15 Å². The van der Waals surface area contributed by atoms with E-state index in [1.165, 1.54) is 0 Å². The molecular formula is C10H19N3O2. The number of hydrogen-bond donors (Lipinski definition) is 1. The summed E-state index contributed by atoms with van der Waals surface area (Å²) in [6.45, 7) is 8.67. The Hall–Kier alpha value is -0.940. The van der Waals surface area contributed by atoms with Crippen LogP contribution >= 0.6 is 0 Å². The van der Waals surface area contributed by atoms with Gasteiger partial charge in [0.1, 0.15) is 5.60 Å². The Morgan fingerprint density at radius 2 is 2.13 bits per heavy atom. The Kier molecular flexibility index (Phi) is 3.82. The van der Waals surface area contributed by atoms with Crippen molar-refractivity contribution in [3.8, 4) is 0 Å². The Balaban J connectivity index is 2.80. The number of rotatable bonds is 5. The lowest BCUT2D eigenvalue weighted by atomic mass is 10.1. The standard InChI is InChI=1S/C10H19N3O2/c1-6-11-7(2)8-12-13-9(15-8)10(3,4)14-5/h7,11H,6H2,1-5H3. The van der Waals surface area contributed by atoms with Crippen LogP contribution in [0.3, 0.4) is 0 Å². The van der Waals surface area contributed by atoms with E-state index in [9.17, 15) is 0 Å². The molecular weight excluding hydrogens is 194 g/mol. The molecule has 0 spiro atoms. The van der Waals surface area contributed by atoms with E-state index in [-0.39, 0.29) is 6.04 Å². The lowest BCUT2D eigenvalue weighted by Gasteiger charge is -2.17. The second-order valence-electron chi connectivity index (χ2n) is 3.94. The van der Waals surface area contributed by atoms with Crippen molar-refractivity contribution in [2.45, 2.75) is 39.3 Å². The first kappa shape index (κ1) is 12.1. The molecule has 0 amide bonds. The average Bonchev–Trinajstić information content (AvgIpc) is 2.67. The lowest BCUT2D eigenvalue weighted by molar-refractivity contribution is -0.00483. The van der Waals surface area contributed by atoms with Gasteiger partial charge in [0.25, 0.3) is 0 Å². The van der Waals surface area contributed by atoms with Crippen LogP contribution in [0.5, 0.6) is 0 Å². The predicted molar refractivity (Wildman–Crippen MR) is 56.4 cm³/mol. The van der Waals surface area contributed by atoms with Gasteiger partial charge in [0.05, 0.1) is 6.04 Å². The van der Waals surface area contributed by atoms with Crippen LogP contribution in [-0.2, 0) is 10.3 Å². The maximum Gasteiger partial charge on any atom is 0.247 e. The molecule has 0 aliphatic heterocycles. The zero-order valence-corrected chi connectivity index (χ0v) is 10.00. The molecule has 1 heterocycles. The van der Waals surface area contributed by atoms with Crippen molar-refractivity contribution in [2.75, 3.05) is 13.7 Å². The van der Waals surface area contributed by atoms with Crippen LogP contribution in [0.15, 0.2) is 4.42 Å². The fraction of sp³-hybridized carbons (Fsp3) is 0.800. The highest BCUT2D eigenvalue weighted by molar-refractivity contribution is 4.95. The molecule has 0 aromatic carbocycles. The lowest BCUT2D eigenvalue weighted by Crippen LogP contribution is -2.20. The van der Waals surface area contributed by atoms with Crippen molar-refractivity contribution >= 4 is 0 Å². The third kappa shape index (κ3) is 2.76. The van der Waals surface area contributed by atoms with Crippen molar-refractivity contribution < 1.29 is 9.15 Å². The minimum absolute atomic E-state index is 0.0731. The van der Waals surface area contributed by atoms with Crippen LogP contribution < -0.4 is 5.32 Å². The third-order valence-electron chi connectivity index (χ3n) is 2.35. The Morgan fingerprint density at radius 3 is 2.67 bits per heavy atom. The molecule has 0 bridgehead atoms. The van der Waals surface area contributed by atoms with Gasteiger partial charge in [-0.05, 0) is 27.3 Å². The van der Waals surface area contributed by atoms with Crippen molar-refractivity contribution in [3.63, 3.8) is 0 Å². The van der Waals surface area contributed by atoms with Crippen LogP contribution in [0.25, 0.3) is 0 Å². The van der Waals surface area contributed by atoms with Gasteiger partial charge < -0.3 is 14.5 Å². The summed E-state index contributed by atoms with van der Waals surface area (Å²) >= 11 is 0. The Morgan fingerprint density at radius 1 is 1.47 bits per heavy atom. The topological polar surface area (TPSA) is 60.2 Å². The minimum atomic E-state index is -0.531. The molecule has 15 heavy (non-hydrogen) atoms. The van der Waals surface area contributed by atoms with E-state index in [1.54, 1.807) is 7.11 Å². The van der Waals surface area contributed by atoms with E-state index in [1.807, 2.05) is 27.7 Å². The first-order valence-corrected chi connectivity index (χ1v) is 5.13. The van der Waals surface area contributed by atoms with E-state index >= 15 is 0 Å². The first-order valence-electron chi connectivity index (χ1n) is 5.13. The fourth-order valence-electron chi connectivity index (χ4n) is 1.13. The molecule has 5 heteroatoms. The summed E-state index contributed by atoms with van der Waals surface area (Å²) < 4.78 is 10.8. The molecule has 5 nitrogen and oxygen atoms in total. The summed E-state index contributed by atoms with van der Waals surface area (Å²) in [5.74, 6) is 1.10. The molecule has 1 aromatic rings. The van der Waals surface area contributed by atoms with Gasteiger partial charge in [-0.15, -0.1) is 10.2 Å². The zero-order valence-electron chi connectivity index (χ0n) is 10.00. The normalized spacial score (nSPS) is 14.2. The van der Waals surface area contributed by atoms with E-state index in [0.717, 1.165) is 6.54 Å². The molecule has 1 rings (SSSR count). The highest BCUT2D eigenvalue weighted by Gasteiger charge is 2.27. The van der Waals surface area contributed by atoms with Crippen LogP contribution in [0.2, 0.25) is 0 Å². The Labute approximate surface area is 90.2 Å². The number of nitrogens with zero attached hydrogens (tertiary/aromatic N) is 2. The van der Waals surface area contributed by atoms with Crippen molar-refractivity contribution in [1.82, 2.24) is 15.5 Å². The molecule has 1 aromatic heterocycles. The monoisotopic (exact) mass is 213 g/mol. The Bertz CT molecular complexity index is 309. The molecule has 0 fully saturated rings. The molecule has 86 valence electrons. The molecule has 1 atom stereocenters. The van der Waals surface area contributed by atoms with Gasteiger partial charge in [0, 0.05) is 7.11 Å². The van der Waals surface area contributed by atoms with Crippen molar-refractivity contribution in [3.05, 3.63) is 11.8 Å². The number of ether oxygens (including phenoxy) is 1. The minimum Gasteiger partial charge on any atom is -0.420 e. The van der Waals surface area contributed by atoms with Crippen LogP contribution in [-0.4, -0.2) is 23.9 Å². The quantitative estimate of drug-likeness (QED) is 0.805. The van der Waals surface area contributed by atoms with E-state index in [2.05, 4.69) is 15.5 Å². The van der Waals surface area contributed by atoms with Gasteiger partial charge in [-0.2, -0.15) is 0 Å². The van der Waals surface area contributed by atoms with Gasteiger partial charge in [-0.25, -0.2) is 0 Å². The molecule has 1 N–H and O–H groups in total. The number of methoxy groups -OCH3 is 1. The van der Waals surface area contributed by atoms with Crippen molar-refractivity contribution in [1.29, 1.82) is 0 Å². The van der Waals surface area contributed by atoms with E-state index in [0.29, 0.717) is 11.8 Å². The largest absolute Gasteiger partial charge is 0.420 e. The number of aromatic nitrogens is 2. The molecule has 1 unspecified atom stereocenters. The van der Waals surface area contributed by atoms with Crippen molar-refractivity contribution in [2.24, 2.45) is 0 Å². The zero-order chi connectivity index (χ0) is 11.5. The second kappa shape index (κ2) is 4.72. The summed E-state index contributed by atoms with van der Waals surface area (Å²) in [6.07, 6.45) is 0. The van der Waals surface area contributed by atoms with Gasteiger partial charge in [-0.3, -0.25) is 0 Å². The SMILES string of the molecule is CCNC(C)c1nnc(C(C)(C)OC)o1. The third-order valence-corrected chi connectivity index (χ3v) is 2.35. The fourth-order valence-corrected chi connectivity index (χ4v) is 1.13. The number of nitrogens with one attached hydrogen (secondary N) is 1. The second-order valence-corrected chi connectivity index (χ2v) is 3.94. The highest BCUT2D eigenvalue weighted by Crippen LogP contribution is 2.23. The van der Waals surface area contributed by atoms with E-state index < -0.39 is 5.60 Å². The number of hydrogen-bond acceptors (Lipinski definition) is 5. The molecule has 0 saturated carbocycles. The average molecular weight is 213 g/mol. The van der Waals surface area contributed by atoms with Crippen LogP contribution in [0.4, 0.5) is 0 Å². The molecule has 0 aliphatic rings. The predicted octanol–water partition coefficient (Wildman–Crippen LogP) is 1.62. The maximum atomic E-state index is 5.54. The van der Waals surface area contributed by atoms with Gasteiger partial charge in [0.2, 0.25) is 11.8 Å². The molecule has 0 radical (unpaired) electrons. The van der Waals surface area contributed by atoms with Crippen LogP contribution in [0, 0.1) is 0 Å². The molecule has 0 aliphatic carbocycles. The summed E-state index contributed by atoms with van der Waals surface area (Å²) in [7, 11) is 1.62. The maximum absolute atomic E-state index is 5.54. The summed E-state index contributed by atoms with van der Waals surface area (Å²) in [6, 6.07) is 0.0731. The van der Waals surface area contributed by atoms with Gasteiger partial charge in [0.15, 0.2) is 0 Å². The highest BCUT2D eigenvalue weighted by atomic mass is 16.5. The van der Waals surface area contributed by atoms with Gasteiger partial charge in [-0.1, -0.05) is 6.92 Å².